The van der Waals surface area contributed by atoms with Gasteiger partial charge in [-0.3, -0.25) is 4.79 Å². The minimum atomic E-state index is -0.722. The van der Waals surface area contributed by atoms with Crippen LogP contribution in [0.4, 0.5) is 0 Å². The first kappa shape index (κ1) is 12.1. The number of carboxylic acid groups (broad SMARTS) is 1. The summed E-state index contributed by atoms with van der Waals surface area (Å²) in [6.45, 7) is 0. The molecule has 1 aliphatic rings. The van der Waals surface area contributed by atoms with Crippen molar-refractivity contribution < 1.29 is 14.6 Å². The molecule has 0 bridgehead atoms. The highest BCUT2D eigenvalue weighted by atomic mass is 16.5. The summed E-state index contributed by atoms with van der Waals surface area (Å²) < 4.78 is 7.21. The predicted molar refractivity (Wildman–Crippen MR) is 72.6 cm³/mol. The number of fused-ring (bicyclic) bond motifs is 1. The number of hydrogen-bond acceptors (Lipinski definition) is 2. The molecule has 1 saturated carbocycles. The standard InChI is InChI=1S/C15H17NO3/c1-16-12-8-11(19-2)6-5-10(12)7-13(16)14(15(17)18)9-3-4-9/h5-9,14H,3-4H2,1-2H3,(H,17,18). The maximum atomic E-state index is 11.5. The van der Waals surface area contributed by atoms with Gasteiger partial charge in [0, 0.05) is 24.2 Å². The lowest BCUT2D eigenvalue weighted by molar-refractivity contribution is -0.139. The molecule has 3 rings (SSSR count). The topological polar surface area (TPSA) is 51.5 Å². The molecule has 1 fully saturated rings. The van der Waals surface area contributed by atoms with Crippen LogP contribution >= 0.6 is 0 Å². The van der Waals surface area contributed by atoms with E-state index in [2.05, 4.69) is 0 Å². The van der Waals surface area contributed by atoms with E-state index in [1.807, 2.05) is 35.9 Å². The first-order chi connectivity index (χ1) is 9.11. The molecule has 1 heterocycles. The summed E-state index contributed by atoms with van der Waals surface area (Å²) in [5.41, 5.74) is 1.90. The lowest BCUT2D eigenvalue weighted by Gasteiger charge is -2.12. The highest BCUT2D eigenvalue weighted by Gasteiger charge is 2.39. The Kier molecular flexibility index (Phi) is 2.73. The van der Waals surface area contributed by atoms with Crippen LogP contribution < -0.4 is 4.74 Å². The van der Waals surface area contributed by atoms with E-state index >= 15 is 0 Å². The number of aromatic nitrogens is 1. The predicted octanol–water partition coefficient (Wildman–Crippen LogP) is 2.77. The van der Waals surface area contributed by atoms with E-state index in [0.29, 0.717) is 5.92 Å². The van der Waals surface area contributed by atoms with Crippen LogP contribution in [0.2, 0.25) is 0 Å². The molecule has 1 aromatic heterocycles. The minimum Gasteiger partial charge on any atom is -0.497 e. The fraction of sp³-hybridized carbons (Fsp3) is 0.400. The van der Waals surface area contributed by atoms with Gasteiger partial charge in [0.15, 0.2) is 0 Å². The van der Waals surface area contributed by atoms with E-state index in [9.17, 15) is 9.90 Å². The number of aliphatic carboxylic acids is 1. The quantitative estimate of drug-likeness (QED) is 0.918. The Labute approximate surface area is 111 Å². The van der Waals surface area contributed by atoms with Crippen molar-refractivity contribution in [3.63, 3.8) is 0 Å². The molecule has 4 nitrogen and oxygen atoms in total. The van der Waals surface area contributed by atoms with E-state index < -0.39 is 5.97 Å². The Hall–Kier alpha value is -1.97. The summed E-state index contributed by atoms with van der Waals surface area (Å²) >= 11 is 0. The molecular formula is C15H17NO3. The van der Waals surface area contributed by atoms with Crippen molar-refractivity contribution >= 4 is 16.9 Å². The number of carbonyl (C=O) groups is 1. The summed E-state index contributed by atoms with van der Waals surface area (Å²) in [6, 6.07) is 7.82. The zero-order valence-corrected chi connectivity index (χ0v) is 11.1. The van der Waals surface area contributed by atoms with Crippen LogP contribution in [0.5, 0.6) is 5.75 Å². The SMILES string of the molecule is COc1ccc2cc(C(C(=O)O)C3CC3)n(C)c2c1. The van der Waals surface area contributed by atoms with Crippen LogP contribution in [0.25, 0.3) is 10.9 Å². The number of nitrogens with zero attached hydrogens (tertiary/aromatic N) is 1. The zero-order chi connectivity index (χ0) is 13.6. The molecule has 19 heavy (non-hydrogen) atoms. The van der Waals surface area contributed by atoms with E-state index in [1.54, 1.807) is 7.11 Å². The average molecular weight is 259 g/mol. The first-order valence-corrected chi connectivity index (χ1v) is 6.48. The van der Waals surface area contributed by atoms with Crippen LogP contribution in [0.1, 0.15) is 24.5 Å². The molecule has 0 saturated heterocycles. The van der Waals surface area contributed by atoms with Gasteiger partial charge in [0.2, 0.25) is 0 Å². The van der Waals surface area contributed by atoms with Crippen LogP contribution in [0.3, 0.4) is 0 Å². The largest absolute Gasteiger partial charge is 0.497 e. The number of ether oxygens (including phenoxy) is 1. The third kappa shape index (κ3) is 1.97. The van der Waals surface area contributed by atoms with E-state index in [-0.39, 0.29) is 5.92 Å². The van der Waals surface area contributed by atoms with Gasteiger partial charge < -0.3 is 14.4 Å². The molecule has 1 aromatic carbocycles. The Morgan fingerprint density at radius 2 is 2.16 bits per heavy atom. The molecule has 0 amide bonds. The fourth-order valence-corrected chi connectivity index (χ4v) is 2.76. The van der Waals surface area contributed by atoms with Crippen molar-refractivity contribution in [1.82, 2.24) is 4.57 Å². The van der Waals surface area contributed by atoms with Gasteiger partial charge in [-0.25, -0.2) is 0 Å². The highest BCUT2D eigenvalue weighted by Crippen LogP contribution is 2.44. The fourth-order valence-electron chi connectivity index (χ4n) is 2.76. The normalized spacial score (nSPS) is 16.5. The van der Waals surface area contributed by atoms with Crippen molar-refractivity contribution in [2.45, 2.75) is 18.8 Å². The number of carboxylic acids is 1. The number of benzene rings is 1. The highest BCUT2D eigenvalue weighted by molar-refractivity contribution is 5.86. The molecule has 1 unspecified atom stereocenters. The van der Waals surface area contributed by atoms with Gasteiger partial charge in [0.25, 0.3) is 0 Å². The second kappa shape index (κ2) is 4.30. The molecule has 0 spiro atoms. The second-order valence-corrected chi connectivity index (χ2v) is 5.21. The smallest absolute Gasteiger partial charge is 0.312 e. The van der Waals surface area contributed by atoms with Crippen LogP contribution in [-0.2, 0) is 11.8 Å². The van der Waals surface area contributed by atoms with Crippen molar-refractivity contribution in [3.8, 4) is 5.75 Å². The summed E-state index contributed by atoms with van der Waals surface area (Å²) in [7, 11) is 3.56. The van der Waals surface area contributed by atoms with Gasteiger partial charge in [-0.2, -0.15) is 0 Å². The van der Waals surface area contributed by atoms with Crippen molar-refractivity contribution in [1.29, 1.82) is 0 Å². The summed E-state index contributed by atoms with van der Waals surface area (Å²) in [6.07, 6.45) is 2.03. The molecule has 0 radical (unpaired) electrons. The number of rotatable bonds is 4. The number of hydrogen-bond donors (Lipinski definition) is 1. The van der Waals surface area contributed by atoms with Gasteiger partial charge in [0.1, 0.15) is 5.75 Å². The van der Waals surface area contributed by atoms with Gasteiger partial charge in [-0.1, -0.05) is 0 Å². The van der Waals surface area contributed by atoms with Gasteiger partial charge in [-0.05, 0) is 37.0 Å². The Balaban J connectivity index is 2.13. The van der Waals surface area contributed by atoms with Crippen molar-refractivity contribution in [2.24, 2.45) is 13.0 Å². The third-order valence-electron chi connectivity index (χ3n) is 3.97. The van der Waals surface area contributed by atoms with Gasteiger partial charge >= 0.3 is 5.97 Å². The van der Waals surface area contributed by atoms with E-state index in [0.717, 1.165) is 35.2 Å². The lowest BCUT2D eigenvalue weighted by atomic mass is 10.00. The molecule has 100 valence electrons. The summed E-state index contributed by atoms with van der Waals surface area (Å²) in [5, 5.41) is 10.5. The Morgan fingerprint density at radius 3 is 2.74 bits per heavy atom. The average Bonchev–Trinajstić information content (AvgIpc) is 3.16. The van der Waals surface area contributed by atoms with Crippen LogP contribution in [0, 0.1) is 5.92 Å². The molecule has 1 aliphatic carbocycles. The monoisotopic (exact) mass is 259 g/mol. The maximum Gasteiger partial charge on any atom is 0.312 e. The van der Waals surface area contributed by atoms with Crippen LogP contribution in [-0.4, -0.2) is 22.8 Å². The zero-order valence-electron chi connectivity index (χ0n) is 11.1. The molecule has 1 N–H and O–H groups in total. The second-order valence-electron chi connectivity index (χ2n) is 5.21. The first-order valence-electron chi connectivity index (χ1n) is 6.48. The van der Waals surface area contributed by atoms with E-state index in [1.165, 1.54) is 0 Å². The van der Waals surface area contributed by atoms with E-state index in [4.69, 9.17) is 4.74 Å². The van der Waals surface area contributed by atoms with Gasteiger partial charge in [0.05, 0.1) is 18.5 Å². The molecule has 0 aliphatic heterocycles. The Bertz CT molecular complexity index is 640. The molecule has 1 atom stereocenters. The summed E-state index contributed by atoms with van der Waals surface area (Å²) in [5.74, 6) is -0.0234. The summed E-state index contributed by atoms with van der Waals surface area (Å²) in [4.78, 5) is 11.5. The van der Waals surface area contributed by atoms with Crippen molar-refractivity contribution in [3.05, 3.63) is 30.0 Å². The van der Waals surface area contributed by atoms with Crippen LogP contribution in [0.15, 0.2) is 24.3 Å². The molecule has 4 heteroatoms. The van der Waals surface area contributed by atoms with Crippen molar-refractivity contribution in [2.75, 3.05) is 7.11 Å². The molecular weight excluding hydrogens is 242 g/mol. The maximum absolute atomic E-state index is 11.5. The minimum absolute atomic E-state index is 0.294. The third-order valence-corrected chi connectivity index (χ3v) is 3.97. The number of methoxy groups -OCH3 is 1. The lowest BCUT2D eigenvalue weighted by Crippen LogP contribution is -2.16. The Morgan fingerprint density at radius 1 is 1.42 bits per heavy atom. The number of aryl methyl sites for hydroxylation is 1. The molecule has 2 aromatic rings. The van der Waals surface area contributed by atoms with Gasteiger partial charge in [-0.15, -0.1) is 0 Å².